The van der Waals surface area contributed by atoms with Gasteiger partial charge in [-0.05, 0) is 33.4 Å². The third-order valence-electron chi connectivity index (χ3n) is 2.08. The Kier molecular flexibility index (Phi) is 1.30. The molecular weight excluding hydrogens is 110 g/mol. The van der Waals surface area contributed by atoms with Crippen molar-refractivity contribution in [3.8, 4) is 0 Å². The van der Waals surface area contributed by atoms with E-state index in [0.29, 0.717) is 5.54 Å². The molecule has 0 aromatic carbocycles. The Morgan fingerprint density at radius 3 is 2.22 bits per heavy atom. The molecule has 52 valence electrons. The second kappa shape index (κ2) is 1.76. The first-order chi connectivity index (χ1) is 4.02. The van der Waals surface area contributed by atoms with Gasteiger partial charge in [-0.3, -0.25) is 0 Å². The molecule has 0 radical (unpaired) electrons. The molecule has 0 aromatic rings. The van der Waals surface area contributed by atoms with Crippen molar-refractivity contribution < 1.29 is 0 Å². The van der Waals surface area contributed by atoms with Crippen LogP contribution < -0.4 is 0 Å². The molecule has 1 heterocycles. The maximum Gasteiger partial charge on any atom is 0.0374 e. The molecule has 1 nitrogen and oxygen atoms in total. The largest absolute Gasteiger partial charge is 0.375 e. The standard InChI is InChI=1S/C8H15N/c1-7-5-8(2,3)9(4)6-7/h6H,5H2,1-4H3. The van der Waals surface area contributed by atoms with Gasteiger partial charge in [-0.2, -0.15) is 0 Å². The van der Waals surface area contributed by atoms with E-state index < -0.39 is 0 Å². The number of hydrogen-bond acceptors (Lipinski definition) is 1. The Morgan fingerprint density at radius 2 is 2.11 bits per heavy atom. The van der Waals surface area contributed by atoms with E-state index >= 15 is 0 Å². The van der Waals surface area contributed by atoms with Crippen LogP contribution in [0.15, 0.2) is 11.8 Å². The molecule has 9 heavy (non-hydrogen) atoms. The van der Waals surface area contributed by atoms with Gasteiger partial charge in [-0.15, -0.1) is 0 Å². The molecule has 0 aliphatic carbocycles. The van der Waals surface area contributed by atoms with Gasteiger partial charge >= 0.3 is 0 Å². The molecule has 0 saturated carbocycles. The minimum absolute atomic E-state index is 0.365. The molecule has 0 amide bonds. The average molecular weight is 125 g/mol. The predicted molar refractivity (Wildman–Crippen MR) is 40.2 cm³/mol. The molecule has 0 N–H and O–H groups in total. The van der Waals surface area contributed by atoms with Crippen LogP contribution in [0.2, 0.25) is 0 Å². The monoisotopic (exact) mass is 125 g/mol. The van der Waals surface area contributed by atoms with Gasteiger partial charge in [0.2, 0.25) is 0 Å². The summed E-state index contributed by atoms with van der Waals surface area (Å²) in [5.74, 6) is 0. The third-order valence-corrected chi connectivity index (χ3v) is 2.08. The van der Waals surface area contributed by atoms with Crippen molar-refractivity contribution in [2.45, 2.75) is 32.7 Å². The predicted octanol–water partition coefficient (Wildman–Crippen LogP) is 2.00. The van der Waals surface area contributed by atoms with Gasteiger partial charge in [-0.1, -0.05) is 5.57 Å². The van der Waals surface area contributed by atoms with E-state index in [1.54, 1.807) is 0 Å². The Morgan fingerprint density at radius 1 is 1.56 bits per heavy atom. The van der Waals surface area contributed by atoms with Crippen LogP contribution in [-0.2, 0) is 0 Å². The summed E-state index contributed by atoms with van der Waals surface area (Å²) in [5, 5.41) is 0. The molecule has 1 heteroatoms. The van der Waals surface area contributed by atoms with Gasteiger partial charge in [0.25, 0.3) is 0 Å². The van der Waals surface area contributed by atoms with Crippen molar-refractivity contribution in [2.75, 3.05) is 7.05 Å². The molecule has 1 aliphatic heterocycles. The van der Waals surface area contributed by atoms with Crippen molar-refractivity contribution in [3.63, 3.8) is 0 Å². The maximum absolute atomic E-state index is 2.28. The van der Waals surface area contributed by atoms with Crippen molar-refractivity contribution >= 4 is 0 Å². The summed E-state index contributed by atoms with van der Waals surface area (Å²) in [4.78, 5) is 2.28. The summed E-state index contributed by atoms with van der Waals surface area (Å²) < 4.78 is 0. The summed E-state index contributed by atoms with van der Waals surface area (Å²) in [7, 11) is 2.14. The van der Waals surface area contributed by atoms with Gasteiger partial charge in [-0.25, -0.2) is 0 Å². The zero-order chi connectivity index (χ0) is 7.07. The topological polar surface area (TPSA) is 3.24 Å². The highest BCUT2D eigenvalue weighted by molar-refractivity contribution is 5.12. The van der Waals surface area contributed by atoms with E-state index in [4.69, 9.17) is 0 Å². The number of rotatable bonds is 0. The fourth-order valence-corrected chi connectivity index (χ4v) is 1.36. The van der Waals surface area contributed by atoms with E-state index in [1.807, 2.05) is 0 Å². The summed E-state index contributed by atoms with van der Waals surface area (Å²) in [5.41, 5.74) is 1.85. The average Bonchev–Trinajstić information content (AvgIpc) is 1.79. The van der Waals surface area contributed by atoms with Crippen LogP contribution in [0.1, 0.15) is 27.2 Å². The van der Waals surface area contributed by atoms with Crippen LogP contribution in [0.5, 0.6) is 0 Å². The maximum atomic E-state index is 2.28. The lowest BCUT2D eigenvalue weighted by molar-refractivity contribution is 0.251. The lowest BCUT2D eigenvalue weighted by Gasteiger charge is -2.28. The molecule has 0 spiro atoms. The Bertz CT molecular complexity index is 145. The first-order valence-electron chi connectivity index (χ1n) is 3.42. The van der Waals surface area contributed by atoms with Crippen molar-refractivity contribution in [1.82, 2.24) is 4.90 Å². The molecule has 0 atom stereocenters. The highest BCUT2D eigenvalue weighted by Gasteiger charge is 2.26. The minimum atomic E-state index is 0.365. The lowest BCUT2D eigenvalue weighted by atomic mass is 10.00. The molecule has 0 fully saturated rings. The summed E-state index contributed by atoms with van der Waals surface area (Å²) in [6.45, 7) is 6.71. The van der Waals surface area contributed by atoms with Crippen molar-refractivity contribution in [3.05, 3.63) is 11.8 Å². The highest BCUT2D eigenvalue weighted by atomic mass is 15.2. The molecule has 1 aliphatic rings. The Balaban J connectivity index is 2.71. The second-order valence-corrected chi connectivity index (χ2v) is 3.58. The minimum Gasteiger partial charge on any atom is -0.375 e. The van der Waals surface area contributed by atoms with E-state index in [1.165, 1.54) is 12.0 Å². The fourth-order valence-electron chi connectivity index (χ4n) is 1.36. The fraction of sp³-hybridized carbons (Fsp3) is 0.750. The quantitative estimate of drug-likeness (QED) is 0.478. The molecule has 1 rings (SSSR count). The molecule has 0 saturated heterocycles. The zero-order valence-electron chi connectivity index (χ0n) is 6.73. The molecule has 0 aromatic heterocycles. The molecular formula is C8H15N. The molecule has 0 bridgehead atoms. The molecule has 0 unspecified atom stereocenters. The van der Waals surface area contributed by atoms with Crippen molar-refractivity contribution in [2.24, 2.45) is 0 Å². The van der Waals surface area contributed by atoms with Crippen LogP contribution in [0.4, 0.5) is 0 Å². The first-order valence-corrected chi connectivity index (χ1v) is 3.42. The lowest BCUT2D eigenvalue weighted by Crippen LogP contribution is -2.32. The van der Waals surface area contributed by atoms with Crippen LogP contribution in [0, 0.1) is 0 Å². The smallest absolute Gasteiger partial charge is 0.0374 e. The normalized spacial score (nSPS) is 24.4. The van der Waals surface area contributed by atoms with Crippen molar-refractivity contribution in [1.29, 1.82) is 0 Å². The zero-order valence-corrected chi connectivity index (χ0v) is 6.73. The second-order valence-electron chi connectivity index (χ2n) is 3.58. The summed E-state index contributed by atoms with van der Waals surface area (Å²) in [6.07, 6.45) is 3.43. The number of hydrogen-bond donors (Lipinski definition) is 0. The van der Waals surface area contributed by atoms with Crippen LogP contribution >= 0.6 is 0 Å². The summed E-state index contributed by atoms with van der Waals surface area (Å²) >= 11 is 0. The number of nitrogens with zero attached hydrogens (tertiary/aromatic N) is 1. The third kappa shape index (κ3) is 1.09. The van der Waals surface area contributed by atoms with E-state index in [-0.39, 0.29) is 0 Å². The van der Waals surface area contributed by atoms with Crippen LogP contribution in [-0.4, -0.2) is 17.5 Å². The van der Waals surface area contributed by atoms with Gasteiger partial charge in [0.1, 0.15) is 0 Å². The van der Waals surface area contributed by atoms with Gasteiger partial charge in [0.15, 0.2) is 0 Å². The van der Waals surface area contributed by atoms with Crippen LogP contribution in [0.3, 0.4) is 0 Å². The van der Waals surface area contributed by atoms with E-state index in [2.05, 4.69) is 38.9 Å². The van der Waals surface area contributed by atoms with Crippen LogP contribution in [0.25, 0.3) is 0 Å². The highest BCUT2D eigenvalue weighted by Crippen LogP contribution is 2.28. The first kappa shape index (κ1) is 6.66. The van der Waals surface area contributed by atoms with Gasteiger partial charge in [0, 0.05) is 12.6 Å². The SMILES string of the molecule is CC1=CN(C)C(C)(C)C1. The van der Waals surface area contributed by atoms with Gasteiger partial charge in [0.05, 0.1) is 0 Å². The Labute approximate surface area is 57.4 Å². The van der Waals surface area contributed by atoms with Gasteiger partial charge < -0.3 is 4.90 Å². The summed E-state index contributed by atoms with van der Waals surface area (Å²) in [6, 6.07) is 0. The Hall–Kier alpha value is -0.460. The van der Waals surface area contributed by atoms with E-state index in [0.717, 1.165) is 0 Å². The van der Waals surface area contributed by atoms with E-state index in [9.17, 15) is 0 Å².